The lowest BCUT2D eigenvalue weighted by Gasteiger charge is -2.09. The molecular weight excluding hydrogens is 269 g/mol. The molecule has 0 amide bonds. The topological polar surface area (TPSA) is 53.1 Å². The van der Waals surface area contributed by atoms with E-state index in [1.807, 2.05) is 23.6 Å². The first kappa shape index (κ1) is 13.4. The molecule has 0 saturated heterocycles. The van der Waals surface area contributed by atoms with Gasteiger partial charge >= 0.3 is 0 Å². The molecule has 3 aromatic rings. The van der Waals surface area contributed by atoms with Crippen LogP contribution in [0.3, 0.4) is 0 Å². The minimum atomic E-state index is -0.287. The van der Waals surface area contributed by atoms with E-state index in [0.717, 1.165) is 23.4 Å². The van der Waals surface area contributed by atoms with E-state index in [4.69, 9.17) is 10.5 Å². The van der Waals surface area contributed by atoms with Gasteiger partial charge in [-0.3, -0.25) is 0 Å². The number of ether oxygens (including phenoxy) is 1. The second-order valence-electron chi connectivity index (χ2n) is 4.77. The van der Waals surface area contributed by atoms with Crippen molar-refractivity contribution in [1.29, 1.82) is 0 Å². The highest BCUT2D eigenvalue weighted by molar-refractivity contribution is 5.81. The summed E-state index contributed by atoms with van der Waals surface area (Å²) >= 11 is 0. The number of imidazole rings is 1. The number of fused-ring (bicyclic) bond motifs is 1. The van der Waals surface area contributed by atoms with Crippen LogP contribution in [-0.4, -0.2) is 16.7 Å². The molecule has 108 valence electrons. The summed E-state index contributed by atoms with van der Waals surface area (Å²) in [7, 11) is 1.58. The zero-order valence-corrected chi connectivity index (χ0v) is 11.9. The third kappa shape index (κ3) is 2.20. The molecule has 4 nitrogen and oxygen atoms in total. The molecule has 0 atom stereocenters. The highest BCUT2D eigenvalue weighted by Gasteiger charge is 2.13. The lowest BCUT2D eigenvalue weighted by Crippen LogP contribution is -1.99. The van der Waals surface area contributed by atoms with E-state index in [0.29, 0.717) is 17.0 Å². The van der Waals surface area contributed by atoms with Crippen molar-refractivity contribution in [3.63, 3.8) is 0 Å². The maximum absolute atomic E-state index is 13.4. The molecule has 0 saturated carbocycles. The van der Waals surface area contributed by atoms with Crippen LogP contribution >= 0.6 is 0 Å². The van der Waals surface area contributed by atoms with Crippen molar-refractivity contribution in [2.24, 2.45) is 0 Å². The van der Waals surface area contributed by atoms with Crippen LogP contribution in [0, 0.1) is 5.82 Å². The van der Waals surface area contributed by atoms with Crippen molar-refractivity contribution >= 4 is 16.7 Å². The van der Waals surface area contributed by atoms with Gasteiger partial charge in [0.1, 0.15) is 17.4 Å². The number of nitrogens with zero attached hydrogens (tertiary/aromatic N) is 2. The molecule has 0 aliphatic carbocycles. The monoisotopic (exact) mass is 285 g/mol. The molecule has 1 heterocycles. The third-order valence-corrected chi connectivity index (χ3v) is 3.52. The fourth-order valence-electron chi connectivity index (χ4n) is 2.49. The van der Waals surface area contributed by atoms with Gasteiger partial charge in [-0.05, 0) is 37.3 Å². The van der Waals surface area contributed by atoms with Crippen LogP contribution in [0.25, 0.3) is 22.4 Å². The number of anilines is 1. The first-order valence-corrected chi connectivity index (χ1v) is 6.73. The number of nitrogens with two attached hydrogens (primary N) is 1. The fraction of sp³-hybridized carbons (Fsp3) is 0.188. The summed E-state index contributed by atoms with van der Waals surface area (Å²) in [5.41, 5.74) is 8.85. The predicted molar refractivity (Wildman–Crippen MR) is 81.8 cm³/mol. The van der Waals surface area contributed by atoms with Crippen molar-refractivity contribution < 1.29 is 9.13 Å². The van der Waals surface area contributed by atoms with E-state index in [9.17, 15) is 4.39 Å². The smallest absolute Gasteiger partial charge is 0.142 e. The molecule has 1 aromatic heterocycles. The number of methoxy groups -OCH3 is 1. The second-order valence-corrected chi connectivity index (χ2v) is 4.77. The van der Waals surface area contributed by atoms with Gasteiger partial charge in [-0.15, -0.1) is 0 Å². The van der Waals surface area contributed by atoms with Crippen LogP contribution in [0.1, 0.15) is 6.92 Å². The van der Waals surface area contributed by atoms with Gasteiger partial charge in [0.25, 0.3) is 0 Å². The molecule has 2 N–H and O–H groups in total. The van der Waals surface area contributed by atoms with Gasteiger partial charge in [0.05, 0.1) is 23.8 Å². The summed E-state index contributed by atoms with van der Waals surface area (Å²) < 4.78 is 20.7. The van der Waals surface area contributed by atoms with Crippen molar-refractivity contribution in [2.75, 3.05) is 12.8 Å². The van der Waals surface area contributed by atoms with Crippen molar-refractivity contribution in [1.82, 2.24) is 9.55 Å². The molecule has 2 aromatic carbocycles. The summed E-state index contributed by atoms with van der Waals surface area (Å²) in [6, 6.07) is 10.2. The minimum absolute atomic E-state index is 0.287. The van der Waals surface area contributed by atoms with E-state index in [-0.39, 0.29) is 5.82 Å². The zero-order chi connectivity index (χ0) is 15.0. The SMILES string of the molecule is CCn1c(-c2ccc(N)c(OC)c2)nc2cc(F)ccc21. The molecule has 0 aliphatic heterocycles. The molecule has 0 spiro atoms. The maximum Gasteiger partial charge on any atom is 0.142 e. The van der Waals surface area contributed by atoms with Crippen LogP contribution in [0.4, 0.5) is 10.1 Å². The van der Waals surface area contributed by atoms with E-state index in [1.165, 1.54) is 12.1 Å². The van der Waals surface area contributed by atoms with Crippen LogP contribution in [0.2, 0.25) is 0 Å². The first-order chi connectivity index (χ1) is 10.1. The molecule has 0 bridgehead atoms. The third-order valence-electron chi connectivity index (χ3n) is 3.52. The van der Waals surface area contributed by atoms with Gasteiger partial charge in [0.15, 0.2) is 0 Å². The molecule has 21 heavy (non-hydrogen) atoms. The van der Waals surface area contributed by atoms with Crippen LogP contribution in [0.15, 0.2) is 36.4 Å². The lowest BCUT2D eigenvalue weighted by atomic mass is 10.2. The molecule has 5 heteroatoms. The molecule has 0 radical (unpaired) electrons. The van der Waals surface area contributed by atoms with E-state index in [2.05, 4.69) is 4.98 Å². The Morgan fingerprint density at radius 3 is 2.76 bits per heavy atom. The summed E-state index contributed by atoms with van der Waals surface area (Å²) in [5.74, 6) is 1.09. The lowest BCUT2D eigenvalue weighted by molar-refractivity contribution is 0.417. The number of aromatic nitrogens is 2. The Morgan fingerprint density at radius 2 is 2.05 bits per heavy atom. The zero-order valence-electron chi connectivity index (χ0n) is 11.9. The van der Waals surface area contributed by atoms with Gasteiger partial charge < -0.3 is 15.0 Å². The number of benzene rings is 2. The van der Waals surface area contributed by atoms with Crippen molar-refractivity contribution in [3.05, 3.63) is 42.2 Å². The number of aryl methyl sites for hydroxylation is 1. The Labute approximate surface area is 122 Å². The standard InChI is InChI=1S/C16H16FN3O/c1-3-20-14-7-5-11(17)9-13(14)19-16(20)10-4-6-12(18)15(8-10)21-2/h4-9H,3,18H2,1-2H3. The second kappa shape index (κ2) is 5.09. The van der Waals surface area contributed by atoms with Gasteiger partial charge in [-0.2, -0.15) is 0 Å². The van der Waals surface area contributed by atoms with E-state index >= 15 is 0 Å². The van der Waals surface area contributed by atoms with Gasteiger partial charge in [0, 0.05) is 18.2 Å². The number of halogens is 1. The Morgan fingerprint density at radius 1 is 1.24 bits per heavy atom. The number of hydrogen-bond donors (Lipinski definition) is 1. The van der Waals surface area contributed by atoms with E-state index in [1.54, 1.807) is 19.2 Å². The molecule has 0 fully saturated rings. The Bertz CT molecular complexity index is 811. The molecule has 0 unspecified atom stereocenters. The van der Waals surface area contributed by atoms with Gasteiger partial charge in [-0.1, -0.05) is 0 Å². The van der Waals surface area contributed by atoms with Crippen LogP contribution < -0.4 is 10.5 Å². The molecular formula is C16H16FN3O. The Hall–Kier alpha value is -2.56. The summed E-state index contributed by atoms with van der Waals surface area (Å²) in [5, 5.41) is 0. The fourth-order valence-corrected chi connectivity index (χ4v) is 2.49. The average Bonchev–Trinajstić information content (AvgIpc) is 2.85. The largest absolute Gasteiger partial charge is 0.495 e. The minimum Gasteiger partial charge on any atom is -0.495 e. The van der Waals surface area contributed by atoms with Crippen LogP contribution in [0.5, 0.6) is 5.75 Å². The number of nitrogen functional groups attached to an aromatic ring is 1. The first-order valence-electron chi connectivity index (χ1n) is 6.73. The number of hydrogen-bond acceptors (Lipinski definition) is 3. The summed E-state index contributed by atoms with van der Waals surface area (Å²) in [6.07, 6.45) is 0. The summed E-state index contributed by atoms with van der Waals surface area (Å²) in [4.78, 5) is 4.55. The molecule has 0 aliphatic rings. The maximum atomic E-state index is 13.4. The van der Waals surface area contributed by atoms with Crippen molar-refractivity contribution in [3.8, 4) is 17.1 Å². The molecule has 3 rings (SSSR count). The quantitative estimate of drug-likeness (QED) is 0.750. The van der Waals surface area contributed by atoms with Gasteiger partial charge in [0.2, 0.25) is 0 Å². The average molecular weight is 285 g/mol. The van der Waals surface area contributed by atoms with Crippen molar-refractivity contribution in [2.45, 2.75) is 13.5 Å². The summed E-state index contributed by atoms with van der Waals surface area (Å²) in [6.45, 7) is 2.77. The Balaban J connectivity index is 2.24. The highest BCUT2D eigenvalue weighted by Crippen LogP contribution is 2.30. The normalized spacial score (nSPS) is 11.0. The van der Waals surface area contributed by atoms with Gasteiger partial charge in [-0.25, -0.2) is 9.37 Å². The highest BCUT2D eigenvalue weighted by atomic mass is 19.1. The van der Waals surface area contributed by atoms with Crippen LogP contribution in [-0.2, 0) is 6.54 Å². The predicted octanol–water partition coefficient (Wildman–Crippen LogP) is 3.45. The van der Waals surface area contributed by atoms with E-state index < -0.39 is 0 Å². The Kier molecular flexibility index (Phi) is 3.25. The number of rotatable bonds is 3.